The molecule has 2 rings (SSSR count). The van der Waals surface area contributed by atoms with Gasteiger partial charge in [0.1, 0.15) is 6.54 Å². The highest BCUT2D eigenvalue weighted by Gasteiger charge is 2.08. The number of hydrogen-bond donors (Lipinski definition) is 3. The lowest BCUT2D eigenvalue weighted by Gasteiger charge is -2.08. The van der Waals surface area contributed by atoms with Crippen LogP contribution in [-0.4, -0.2) is 26.9 Å². The molecule has 0 aliphatic heterocycles. The molecule has 0 fully saturated rings. The van der Waals surface area contributed by atoms with E-state index in [-0.39, 0.29) is 6.54 Å². The van der Waals surface area contributed by atoms with Crippen LogP contribution in [0.15, 0.2) is 35.1 Å². The fraction of sp³-hybridized carbons (Fsp3) is 0.0833. The molecule has 1 aromatic carbocycles. The fourth-order valence-corrected chi connectivity index (χ4v) is 2.06. The molecule has 0 radical (unpaired) electrons. The van der Waals surface area contributed by atoms with Crippen LogP contribution in [0.5, 0.6) is 0 Å². The Morgan fingerprint density at radius 2 is 2.14 bits per heavy atom. The number of carboxylic acid groups (broad SMARTS) is 1. The van der Waals surface area contributed by atoms with Crippen LogP contribution in [-0.2, 0) is 11.3 Å². The van der Waals surface area contributed by atoms with E-state index in [0.29, 0.717) is 16.4 Å². The van der Waals surface area contributed by atoms with Crippen molar-refractivity contribution >= 4 is 50.9 Å². The summed E-state index contributed by atoms with van der Waals surface area (Å²) in [5.74, 6) is -1.02. The summed E-state index contributed by atoms with van der Waals surface area (Å²) >= 11 is 9.24. The van der Waals surface area contributed by atoms with Crippen LogP contribution in [0, 0.1) is 0 Å². The molecule has 0 bridgehead atoms. The van der Waals surface area contributed by atoms with Gasteiger partial charge in [0.25, 0.3) is 0 Å². The molecule has 110 valence electrons. The minimum absolute atomic E-state index is 0.277. The van der Waals surface area contributed by atoms with Gasteiger partial charge in [-0.2, -0.15) is 5.10 Å². The van der Waals surface area contributed by atoms with Crippen LogP contribution in [0.3, 0.4) is 0 Å². The number of rotatable bonds is 4. The number of benzene rings is 1. The summed E-state index contributed by atoms with van der Waals surface area (Å²) in [6, 6.07) is 4.55. The summed E-state index contributed by atoms with van der Waals surface area (Å²) in [7, 11) is 0. The van der Waals surface area contributed by atoms with Crippen molar-refractivity contribution < 1.29 is 14.7 Å². The number of aliphatic carboxylic acids is 1. The van der Waals surface area contributed by atoms with E-state index < -0.39 is 12.0 Å². The number of nitrogens with one attached hydrogen (secondary N) is 2. The van der Waals surface area contributed by atoms with Gasteiger partial charge in [-0.25, -0.2) is 4.79 Å². The average molecular weight is 374 g/mol. The molecule has 1 heterocycles. The van der Waals surface area contributed by atoms with Crippen molar-refractivity contribution in [1.29, 1.82) is 0 Å². The van der Waals surface area contributed by atoms with Crippen molar-refractivity contribution in [3.05, 3.63) is 40.1 Å². The second-order valence-electron chi connectivity index (χ2n) is 4.02. The normalized spacial score (nSPS) is 10.2. The summed E-state index contributed by atoms with van der Waals surface area (Å²) in [5, 5.41) is 18.0. The zero-order valence-electron chi connectivity index (χ0n) is 10.5. The molecule has 2 amide bonds. The van der Waals surface area contributed by atoms with Gasteiger partial charge in [-0.3, -0.25) is 9.48 Å². The Labute approximate surface area is 133 Å². The summed E-state index contributed by atoms with van der Waals surface area (Å²) in [4.78, 5) is 22.4. The lowest BCUT2D eigenvalue weighted by molar-refractivity contribution is -0.137. The van der Waals surface area contributed by atoms with E-state index in [9.17, 15) is 9.59 Å². The molecule has 0 aliphatic carbocycles. The number of nitrogens with zero attached hydrogens (tertiary/aromatic N) is 2. The number of anilines is 2. The Hall–Kier alpha value is -2.06. The van der Waals surface area contributed by atoms with Crippen molar-refractivity contribution in [1.82, 2.24) is 9.78 Å². The fourth-order valence-electron chi connectivity index (χ4n) is 1.53. The van der Waals surface area contributed by atoms with Crippen LogP contribution in [0.4, 0.5) is 16.2 Å². The van der Waals surface area contributed by atoms with Gasteiger partial charge in [0.15, 0.2) is 0 Å². The number of hydrogen-bond acceptors (Lipinski definition) is 3. The third-order valence-corrected chi connectivity index (χ3v) is 3.19. The maximum atomic E-state index is 11.8. The number of carbonyl (C=O) groups is 2. The molecule has 2 aromatic rings. The van der Waals surface area contributed by atoms with E-state index >= 15 is 0 Å². The zero-order chi connectivity index (χ0) is 15.4. The van der Waals surface area contributed by atoms with E-state index in [2.05, 4.69) is 31.7 Å². The van der Waals surface area contributed by atoms with E-state index in [0.717, 1.165) is 4.47 Å². The van der Waals surface area contributed by atoms with Crippen molar-refractivity contribution in [3.8, 4) is 0 Å². The molecule has 7 nitrogen and oxygen atoms in total. The van der Waals surface area contributed by atoms with Crippen LogP contribution < -0.4 is 10.6 Å². The third-order valence-electron chi connectivity index (χ3n) is 2.36. The minimum Gasteiger partial charge on any atom is -0.480 e. The van der Waals surface area contributed by atoms with E-state index in [1.165, 1.54) is 17.1 Å². The summed E-state index contributed by atoms with van der Waals surface area (Å²) in [6.45, 7) is -0.277. The first-order valence-electron chi connectivity index (χ1n) is 5.71. The van der Waals surface area contributed by atoms with Gasteiger partial charge in [-0.1, -0.05) is 27.5 Å². The molecule has 0 aliphatic rings. The van der Waals surface area contributed by atoms with Gasteiger partial charge in [-0.05, 0) is 18.2 Å². The summed E-state index contributed by atoms with van der Waals surface area (Å²) < 4.78 is 1.97. The Kier molecular flexibility index (Phi) is 4.81. The molecule has 1 aromatic heterocycles. The number of carboxylic acids is 1. The molecule has 0 saturated heterocycles. The molecular weight excluding hydrogens is 364 g/mol. The van der Waals surface area contributed by atoms with Crippen LogP contribution in [0.25, 0.3) is 0 Å². The van der Waals surface area contributed by atoms with Crippen LogP contribution >= 0.6 is 27.5 Å². The zero-order valence-corrected chi connectivity index (χ0v) is 12.8. The lowest BCUT2D eigenvalue weighted by atomic mass is 10.3. The predicted octanol–water partition coefficient (Wildman–Crippen LogP) is 3.03. The van der Waals surface area contributed by atoms with Crippen LogP contribution in [0.2, 0.25) is 5.02 Å². The minimum atomic E-state index is -1.02. The summed E-state index contributed by atoms with van der Waals surface area (Å²) in [5.41, 5.74) is 0.821. The second kappa shape index (κ2) is 6.59. The first-order chi connectivity index (χ1) is 9.94. The summed E-state index contributed by atoms with van der Waals surface area (Å²) in [6.07, 6.45) is 2.77. The van der Waals surface area contributed by atoms with Crippen molar-refractivity contribution in [3.63, 3.8) is 0 Å². The van der Waals surface area contributed by atoms with Crippen molar-refractivity contribution in [2.75, 3.05) is 10.6 Å². The highest BCUT2D eigenvalue weighted by atomic mass is 79.9. The van der Waals surface area contributed by atoms with Crippen molar-refractivity contribution in [2.24, 2.45) is 0 Å². The second-order valence-corrected chi connectivity index (χ2v) is 5.35. The molecule has 3 N–H and O–H groups in total. The van der Waals surface area contributed by atoms with Gasteiger partial charge in [0, 0.05) is 10.7 Å². The Balaban J connectivity index is 2.00. The van der Waals surface area contributed by atoms with Crippen molar-refractivity contribution in [2.45, 2.75) is 6.54 Å². The largest absolute Gasteiger partial charge is 0.480 e. The van der Waals surface area contributed by atoms with Crippen LogP contribution in [0.1, 0.15) is 0 Å². The van der Waals surface area contributed by atoms with E-state index in [4.69, 9.17) is 16.7 Å². The van der Waals surface area contributed by atoms with Gasteiger partial charge >= 0.3 is 12.0 Å². The first-order valence-corrected chi connectivity index (χ1v) is 6.88. The molecule has 9 heteroatoms. The Bertz CT molecular complexity index is 689. The molecular formula is C12H10BrClN4O3. The first kappa shape index (κ1) is 15.3. The lowest BCUT2D eigenvalue weighted by Crippen LogP contribution is -2.19. The van der Waals surface area contributed by atoms with Gasteiger partial charge < -0.3 is 15.7 Å². The topological polar surface area (TPSA) is 96.2 Å². The average Bonchev–Trinajstić information content (AvgIpc) is 2.80. The molecule has 21 heavy (non-hydrogen) atoms. The third kappa shape index (κ3) is 4.47. The number of urea groups is 1. The number of aromatic nitrogens is 2. The van der Waals surface area contributed by atoms with Gasteiger partial charge in [0.2, 0.25) is 0 Å². The predicted molar refractivity (Wildman–Crippen MR) is 81.7 cm³/mol. The molecule has 0 unspecified atom stereocenters. The number of halogens is 2. The Morgan fingerprint density at radius 3 is 2.86 bits per heavy atom. The van der Waals surface area contributed by atoms with E-state index in [1.54, 1.807) is 18.2 Å². The maximum Gasteiger partial charge on any atom is 0.325 e. The van der Waals surface area contributed by atoms with Gasteiger partial charge in [0.05, 0.1) is 22.6 Å². The maximum absolute atomic E-state index is 11.8. The monoisotopic (exact) mass is 372 g/mol. The number of amides is 2. The molecule has 0 saturated carbocycles. The smallest absolute Gasteiger partial charge is 0.325 e. The molecule has 0 spiro atoms. The highest BCUT2D eigenvalue weighted by Crippen LogP contribution is 2.25. The Morgan fingerprint density at radius 1 is 1.38 bits per heavy atom. The highest BCUT2D eigenvalue weighted by molar-refractivity contribution is 9.10. The van der Waals surface area contributed by atoms with Gasteiger partial charge in [-0.15, -0.1) is 0 Å². The van der Waals surface area contributed by atoms with E-state index in [1.807, 2.05) is 0 Å². The quantitative estimate of drug-likeness (QED) is 0.767. The standard InChI is InChI=1S/C12H10BrClN4O3/c13-7-1-2-9(14)10(3-7)17-12(21)16-8-4-15-18(5-8)6-11(19)20/h1-5H,6H2,(H,19,20)(H2,16,17,21). The molecule has 0 atom stereocenters. The SMILES string of the molecule is O=C(O)Cn1cc(NC(=O)Nc2cc(Br)ccc2Cl)cn1. The number of carbonyl (C=O) groups excluding carboxylic acids is 1.